The van der Waals surface area contributed by atoms with Gasteiger partial charge in [-0.1, -0.05) is 81.0 Å². The number of esters is 1. The lowest BCUT2D eigenvalue weighted by atomic mass is 9.73. The van der Waals surface area contributed by atoms with Crippen molar-refractivity contribution in [3.63, 3.8) is 0 Å². The third kappa shape index (κ3) is 14.6. The van der Waals surface area contributed by atoms with Gasteiger partial charge in [0.15, 0.2) is 12.6 Å². The number of cyclic esters (lactones) is 1. The molecule has 4 aliphatic heterocycles. The van der Waals surface area contributed by atoms with Gasteiger partial charge in [-0.15, -0.1) is 11.3 Å². The molecule has 1 aromatic heterocycles. The molecule has 5 heterocycles. The fourth-order valence-electron chi connectivity index (χ4n) is 12.1. The van der Waals surface area contributed by atoms with Crippen LogP contribution in [0, 0.1) is 23.7 Å². The molecule has 1 amide bonds. The highest BCUT2D eigenvalue weighted by molar-refractivity contribution is 7.99. The van der Waals surface area contributed by atoms with Gasteiger partial charge in [-0.2, -0.15) is 0 Å². The topological polar surface area (TPSA) is 228 Å². The Labute approximate surface area is 481 Å². The van der Waals surface area contributed by atoms with E-state index < -0.39 is 102 Å². The molecule has 0 radical (unpaired) electrons. The number of amides is 1. The number of hydrogen-bond acceptors (Lipinski definition) is 18. The molecular weight excluding hydrogens is 1060 g/mol. The number of benzene rings is 2. The quantitative estimate of drug-likeness (QED) is 0.0268. The molecule has 0 unspecified atom stereocenters. The fraction of sp³-hybridized carbons (Fsp3) is 0.656. The first-order chi connectivity index (χ1) is 37.8. The number of oxime groups is 1. The number of carbonyl (C=O) groups excluding carboxylic acids is 2. The van der Waals surface area contributed by atoms with Crippen LogP contribution in [0.5, 0.6) is 0 Å². The van der Waals surface area contributed by atoms with Crippen LogP contribution in [-0.2, 0) is 42.8 Å². The highest BCUT2D eigenvalue weighted by atomic mass is 32.2. The van der Waals surface area contributed by atoms with Gasteiger partial charge in [-0.3, -0.25) is 9.59 Å². The summed E-state index contributed by atoms with van der Waals surface area (Å²) in [5.41, 5.74) is -0.988. The van der Waals surface area contributed by atoms with Gasteiger partial charge in [0.05, 0.1) is 53.4 Å². The van der Waals surface area contributed by atoms with Crippen molar-refractivity contribution in [2.45, 2.75) is 208 Å². The average Bonchev–Trinajstić information content (AvgIpc) is 3.80. The monoisotopic (exact) mass is 1150 g/mol. The predicted molar refractivity (Wildman–Crippen MR) is 310 cm³/mol. The summed E-state index contributed by atoms with van der Waals surface area (Å²) in [4.78, 5) is 40.1. The van der Waals surface area contributed by atoms with Crippen LogP contribution in [0.4, 0.5) is 0 Å². The van der Waals surface area contributed by atoms with Crippen molar-refractivity contribution in [1.29, 1.82) is 0 Å². The summed E-state index contributed by atoms with van der Waals surface area (Å²) in [7, 11) is 5.23. The molecule has 18 atom stereocenters. The number of aliphatic hydroxyl groups excluding tert-OH is 3. The molecule has 444 valence electrons. The first kappa shape index (κ1) is 63.8. The van der Waals surface area contributed by atoms with E-state index in [0.29, 0.717) is 37.9 Å². The fourth-order valence-corrected chi connectivity index (χ4v) is 14.4. The van der Waals surface area contributed by atoms with Crippen molar-refractivity contribution >= 4 is 46.8 Å². The molecule has 7 rings (SSSR count). The minimum absolute atomic E-state index is 0.0312. The standard InChI is InChI=1S/C61H89N3O14S2/c1-14-47-61(10,71)54(67)36(4)50(63-73-29-21-15-20-28-62-48(65)27-26-40-31-43-41-22-16-18-24-45(41)80-46-25-19-17-23-42(46)53(43)79-40)34(2)32-59(8,70)56(78-58-51(66)44(64(11)12)30-35(3)74-58)37(5)52(38(6)57(69)76-47)77-49-33-60(9,72-13)55(68)39(7)75-49/h16-19,22-27,31,34-39,44,47,49,51-52,54-56,58,66-68,70-71H,14-15,20-21,28-30,32-33H2,1-13H3,(H,62,65)/t34-,35-,36+,37+,38-,39+,44+,47-,49+,51-,52+,54-,55+,56-,58+,59-,60-,61-/m1/s1. The van der Waals surface area contributed by atoms with E-state index in [1.165, 1.54) is 39.8 Å². The molecular formula is C61H89N3O14S2. The van der Waals surface area contributed by atoms with Crippen LogP contribution in [0.25, 0.3) is 27.6 Å². The number of likely N-dealkylation sites (N-methyl/N-ethyl adjacent to an activating group) is 1. The highest BCUT2D eigenvalue weighted by Crippen LogP contribution is 2.51. The number of hydrogen-bond donors (Lipinski definition) is 6. The zero-order valence-corrected chi connectivity index (χ0v) is 50.6. The second-order valence-corrected chi connectivity index (χ2v) is 25.8. The Kier molecular flexibility index (Phi) is 21.7. The average molecular weight is 1150 g/mol. The zero-order chi connectivity index (χ0) is 58.4. The Balaban J connectivity index is 1.07. The van der Waals surface area contributed by atoms with E-state index in [1.54, 1.807) is 77.6 Å². The predicted octanol–water partition coefficient (Wildman–Crippen LogP) is 8.45. The number of methoxy groups -OCH3 is 1. The molecule has 6 N–H and O–H groups in total. The van der Waals surface area contributed by atoms with Crippen molar-refractivity contribution in [3.05, 3.63) is 65.6 Å². The molecule has 0 saturated carbocycles. The normalized spacial score (nSPS) is 36.8. The van der Waals surface area contributed by atoms with E-state index >= 15 is 0 Å². The molecule has 19 heteroatoms. The first-order valence-electron chi connectivity index (χ1n) is 28.5. The van der Waals surface area contributed by atoms with Gasteiger partial charge in [0, 0.05) is 80.6 Å². The molecule has 17 nitrogen and oxygen atoms in total. The van der Waals surface area contributed by atoms with Crippen molar-refractivity contribution in [2.24, 2.45) is 28.8 Å². The first-order valence-corrected chi connectivity index (χ1v) is 30.1. The second-order valence-electron chi connectivity index (χ2n) is 23.6. The third-order valence-electron chi connectivity index (χ3n) is 16.9. The minimum atomic E-state index is -1.99. The van der Waals surface area contributed by atoms with E-state index in [2.05, 4.69) is 65.1 Å². The maximum atomic E-state index is 14.6. The molecule has 3 fully saturated rings. The minimum Gasteiger partial charge on any atom is -0.459 e. The lowest BCUT2D eigenvalue weighted by Gasteiger charge is -2.49. The maximum Gasteiger partial charge on any atom is 0.311 e. The SMILES string of the molecule is CC[C@H]1OC(=O)[C@H](C)[C@@H](O[C@H]2C[C@@](C)(OC)[C@@H](O)[C@H](C)O2)[C@H](C)[C@@H](O[C@@H]2O[C@H](C)C[C@H](N(C)C)[C@H]2O)[C@](C)(O)C[C@@H](C)C(=NOCCCCCNC(=O)C=Cc2cc3c(s2)-c2ccccc2Sc2ccccc2-3)[C@H](C)[C@@H](O)[C@]1(C)O. The maximum absolute atomic E-state index is 14.6. The molecule has 0 aliphatic carbocycles. The number of ether oxygens (including phenoxy) is 6. The lowest BCUT2D eigenvalue weighted by molar-refractivity contribution is -0.317. The number of fused-ring (bicyclic) bond motifs is 5. The van der Waals surface area contributed by atoms with Crippen LogP contribution in [-0.4, -0.2) is 167 Å². The number of rotatable bonds is 16. The van der Waals surface area contributed by atoms with E-state index in [9.17, 15) is 35.1 Å². The molecule has 4 aliphatic rings. The Morgan fingerprint density at radius 3 is 2.23 bits per heavy atom. The molecule has 0 spiro atoms. The summed E-state index contributed by atoms with van der Waals surface area (Å²) in [6.07, 6.45) is -4.27. The summed E-state index contributed by atoms with van der Waals surface area (Å²) >= 11 is 3.44. The van der Waals surface area contributed by atoms with Gasteiger partial charge in [0.2, 0.25) is 5.91 Å². The molecule has 80 heavy (non-hydrogen) atoms. The smallest absolute Gasteiger partial charge is 0.311 e. The number of carbonyl (C=O) groups is 2. The molecule has 3 aromatic rings. The van der Waals surface area contributed by atoms with Gasteiger partial charge < -0.3 is 69.0 Å². The number of thiophene rings is 1. The summed E-state index contributed by atoms with van der Waals surface area (Å²) in [6.45, 7) is 17.8. The van der Waals surface area contributed by atoms with Crippen LogP contribution < -0.4 is 5.32 Å². The van der Waals surface area contributed by atoms with Gasteiger partial charge in [-0.25, -0.2) is 0 Å². The van der Waals surface area contributed by atoms with E-state index in [4.69, 9.17) is 33.3 Å². The molecule has 2 aromatic carbocycles. The van der Waals surface area contributed by atoms with Gasteiger partial charge in [-0.05, 0) is 124 Å². The number of nitrogens with one attached hydrogen (secondary N) is 1. The van der Waals surface area contributed by atoms with Gasteiger partial charge in [0.25, 0.3) is 0 Å². The Morgan fingerprint density at radius 2 is 1.55 bits per heavy atom. The van der Waals surface area contributed by atoms with Crippen molar-refractivity contribution in [3.8, 4) is 21.6 Å². The Morgan fingerprint density at radius 1 is 0.875 bits per heavy atom. The lowest BCUT2D eigenvalue weighted by Crippen LogP contribution is -2.61. The number of unbranched alkanes of at least 4 members (excludes halogenated alkanes) is 2. The number of aliphatic hydroxyl groups is 5. The van der Waals surface area contributed by atoms with Crippen LogP contribution in [0.2, 0.25) is 0 Å². The Hall–Kier alpha value is -3.80. The molecule has 3 saturated heterocycles. The zero-order valence-electron chi connectivity index (χ0n) is 49.0. The van der Waals surface area contributed by atoms with Crippen LogP contribution in [0.15, 0.2) is 75.6 Å². The van der Waals surface area contributed by atoms with Crippen molar-refractivity contribution in [2.75, 3.05) is 34.4 Å². The highest BCUT2D eigenvalue weighted by Gasteiger charge is 2.53. The number of nitrogens with zero attached hydrogens (tertiary/aromatic N) is 2. The van der Waals surface area contributed by atoms with Crippen LogP contribution in [0.1, 0.15) is 119 Å². The van der Waals surface area contributed by atoms with Crippen molar-refractivity contribution in [1.82, 2.24) is 10.2 Å². The second kappa shape index (κ2) is 27.3. The van der Waals surface area contributed by atoms with Gasteiger partial charge >= 0.3 is 5.97 Å². The summed E-state index contributed by atoms with van der Waals surface area (Å²) < 4.78 is 38.1. The summed E-state index contributed by atoms with van der Waals surface area (Å²) in [6, 6.07) is 18.6. The van der Waals surface area contributed by atoms with Crippen LogP contribution in [0.3, 0.4) is 0 Å². The largest absolute Gasteiger partial charge is 0.459 e. The summed E-state index contributed by atoms with van der Waals surface area (Å²) in [5, 5.41) is 67.9. The Bertz CT molecular complexity index is 2550. The van der Waals surface area contributed by atoms with E-state index in [0.717, 1.165) is 10.4 Å². The van der Waals surface area contributed by atoms with E-state index in [-0.39, 0.29) is 43.9 Å². The van der Waals surface area contributed by atoms with Crippen molar-refractivity contribution < 1.29 is 68.4 Å². The van der Waals surface area contributed by atoms with Gasteiger partial charge in [0.1, 0.15) is 30.5 Å². The van der Waals surface area contributed by atoms with Crippen LogP contribution >= 0.6 is 23.1 Å². The van der Waals surface area contributed by atoms with E-state index in [1.807, 2.05) is 38.9 Å². The summed E-state index contributed by atoms with van der Waals surface area (Å²) in [5.74, 6) is -4.38. The third-order valence-corrected chi connectivity index (χ3v) is 19.2. The molecule has 0 bridgehead atoms.